The first-order valence-corrected chi connectivity index (χ1v) is 10.0. The van der Waals surface area contributed by atoms with Crippen molar-refractivity contribution in [3.8, 4) is 6.07 Å². The van der Waals surface area contributed by atoms with Gasteiger partial charge in [-0.05, 0) is 55.2 Å². The Morgan fingerprint density at radius 3 is 2.38 bits per heavy atom. The molecule has 0 spiro atoms. The summed E-state index contributed by atoms with van der Waals surface area (Å²) in [6.07, 6.45) is 0. The van der Waals surface area contributed by atoms with Crippen molar-refractivity contribution >= 4 is 41.6 Å². The normalized spacial score (nSPS) is 10.4. The van der Waals surface area contributed by atoms with Crippen molar-refractivity contribution in [2.45, 2.75) is 13.8 Å². The summed E-state index contributed by atoms with van der Waals surface area (Å²) in [5.41, 5.74) is 1.12. The summed E-state index contributed by atoms with van der Waals surface area (Å²) in [7, 11) is -0.203. The van der Waals surface area contributed by atoms with Crippen LogP contribution in [0.1, 0.15) is 37.7 Å². The Morgan fingerprint density at radius 2 is 1.74 bits per heavy atom. The van der Waals surface area contributed by atoms with E-state index >= 15 is 0 Å². The van der Waals surface area contributed by atoms with Gasteiger partial charge in [0.05, 0.1) is 16.8 Å². The van der Waals surface area contributed by atoms with Crippen LogP contribution in [0.15, 0.2) is 42.5 Å². The number of benzene rings is 2. The van der Waals surface area contributed by atoms with E-state index in [1.165, 1.54) is 54.9 Å². The second-order valence-corrected chi connectivity index (χ2v) is 7.54. The minimum absolute atomic E-state index is 0.00434. The number of Topliss-reactive ketones (excluding diaryl/α,β-unsaturated/α-hetero) is 1. The number of amides is 2. The first-order valence-electron chi connectivity index (χ1n) is 10.0. The lowest BCUT2D eigenvalue weighted by Gasteiger charge is -2.08. The van der Waals surface area contributed by atoms with E-state index in [1.54, 1.807) is 13.0 Å². The van der Waals surface area contributed by atoms with E-state index < -0.39 is 30.5 Å². The van der Waals surface area contributed by atoms with Crippen LogP contribution in [-0.2, 0) is 11.8 Å². The predicted octanol–water partition coefficient (Wildman–Crippen LogP) is 1.41. The van der Waals surface area contributed by atoms with Crippen LogP contribution in [0, 0.1) is 31.0 Å². The lowest BCUT2D eigenvalue weighted by atomic mass is 9.80. The summed E-state index contributed by atoms with van der Waals surface area (Å²) in [6.45, 7) is 3.13. The van der Waals surface area contributed by atoms with Gasteiger partial charge in [0, 0.05) is 24.1 Å². The maximum absolute atomic E-state index is 13.6. The van der Waals surface area contributed by atoms with Gasteiger partial charge in [0.2, 0.25) is 0 Å². The van der Waals surface area contributed by atoms with E-state index in [0.29, 0.717) is 5.69 Å². The first kappa shape index (κ1) is 24.4. The molecule has 34 heavy (non-hydrogen) atoms. The predicted molar refractivity (Wildman–Crippen MR) is 123 cm³/mol. The van der Waals surface area contributed by atoms with E-state index in [-0.39, 0.29) is 39.2 Å². The molecule has 2 aromatic carbocycles. The number of rotatable bonds is 6. The van der Waals surface area contributed by atoms with Crippen molar-refractivity contribution in [2.75, 3.05) is 10.6 Å². The zero-order valence-electron chi connectivity index (χ0n) is 18.5. The minimum Gasteiger partial charge on any atom is -0.423 e. The topological polar surface area (TPSA) is 144 Å². The largest absolute Gasteiger partial charge is 0.488 e. The smallest absolute Gasteiger partial charge is 0.423 e. The number of aromatic nitrogens is 1. The van der Waals surface area contributed by atoms with Crippen LogP contribution in [-0.4, -0.2) is 39.3 Å². The summed E-state index contributed by atoms with van der Waals surface area (Å²) in [6, 6.07) is 11.0. The fraction of sp³-hybridized carbons (Fsp3) is 0.130. The Morgan fingerprint density at radius 1 is 1.06 bits per heavy atom. The number of nitrogens with zero attached hydrogens (tertiary/aromatic N) is 2. The highest BCUT2D eigenvalue weighted by atomic mass is 19.1. The molecule has 172 valence electrons. The minimum atomic E-state index is -1.74. The van der Waals surface area contributed by atoms with Crippen molar-refractivity contribution in [1.29, 1.82) is 5.26 Å². The first-order chi connectivity index (χ1) is 16.0. The van der Waals surface area contributed by atoms with Crippen LogP contribution in [0.25, 0.3) is 0 Å². The molecule has 0 atom stereocenters. The fourth-order valence-corrected chi connectivity index (χ4v) is 3.59. The second-order valence-electron chi connectivity index (χ2n) is 7.54. The van der Waals surface area contributed by atoms with Crippen LogP contribution in [0.5, 0.6) is 0 Å². The van der Waals surface area contributed by atoms with Crippen LogP contribution in [0.3, 0.4) is 0 Å². The summed E-state index contributed by atoms with van der Waals surface area (Å²) >= 11 is 0. The molecule has 2 amide bonds. The third-order valence-electron chi connectivity index (χ3n) is 5.37. The van der Waals surface area contributed by atoms with Gasteiger partial charge < -0.3 is 25.2 Å². The molecular formula is C23H20BFN4O5. The van der Waals surface area contributed by atoms with Gasteiger partial charge in [-0.15, -0.1) is 0 Å². The number of anilines is 2. The van der Waals surface area contributed by atoms with E-state index in [2.05, 4.69) is 10.6 Å². The van der Waals surface area contributed by atoms with Gasteiger partial charge in [0.25, 0.3) is 17.6 Å². The monoisotopic (exact) mass is 462 g/mol. The molecule has 0 radical (unpaired) electrons. The molecule has 0 bridgehead atoms. The van der Waals surface area contributed by atoms with Crippen molar-refractivity contribution in [3.05, 3.63) is 76.4 Å². The number of hydrogen-bond donors (Lipinski definition) is 4. The molecule has 0 unspecified atom stereocenters. The van der Waals surface area contributed by atoms with Crippen LogP contribution in [0.2, 0.25) is 0 Å². The molecule has 0 saturated heterocycles. The van der Waals surface area contributed by atoms with Gasteiger partial charge in [-0.3, -0.25) is 14.4 Å². The number of hydrogen-bond acceptors (Lipinski definition) is 6. The average molecular weight is 462 g/mol. The van der Waals surface area contributed by atoms with Crippen LogP contribution >= 0.6 is 0 Å². The SMILES string of the molecule is Cc1c(C(=O)Nc2ccc(F)c(C#N)c2)c(C)n(C)c1C(=O)C(=O)Nc1cccc(B(O)O)c1. The second kappa shape index (κ2) is 9.70. The number of carbonyl (C=O) groups is 3. The number of nitrogens with one attached hydrogen (secondary N) is 2. The Balaban J connectivity index is 1.87. The van der Waals surface area contributed by atoms with Crippen LogP contribution < -0.4 is 16.1 Å². The maximum atomic E-state index is 13.6. The molecule has 11 heteroatoms. The van der Waals surface area contributed by atoms with Gasteiger partial charge in [-0.2, -0.15) is 5.26 Å². The Hall–Kier alpha value is -4.27. The quantitative estimate of drug-likeness (QED) is 0.248. The zero-order chi connectivity index (χ0) is 25.2. The third-order valence-corrected chi connectivity index (χ3v) is 5.37. The number of carbonyl (C=O) groups excluding carboxylic acids is 3. The Bertz CT molecular complexity index is 1360. The number of nitriles is 1. The molecule has 9 nitrogen and oxygen atoms in total. The summed E-state index contributed by atoms with van der Waals surface area (Å²) in [5.74, 6) is -3.18. The van der Waals surface area contributed by atoms with Gasteiger partial charge in [-0.1, -0.05) is 12.1 Å². The van der Waals surface area contributed by atoms with Gasteiger partial charge in [-0.25, -0.2) is 4.39 Å². The van der Waals surface area contributed by atoms with Crippen molar-refractivity contribution in [3.63, 3.8) is 0 Å². The standard InChI is InChI=1S/C23H20BFN4O5/c1-12-19(22(31)27-17-7-8-18(25)14(9-17)11-26)13(2)29(3)20(12)21(30)23(32)28-16-6-4-5-15(10-16)24(33)34/h4-10,33-34H,1-3H3,(H,27,31)(H,28,32). The van der Waals surface area contributed by atoms with Crippen molar-refractivity contribution in [1.82, 2.24) is 4.57 Å². The van der Waals surface area contributed by atoms with Gasteiger partial charge in [0.15, 0.2) is 0 Å². The van der Waals surface area contributed by atoms with Crippen LogP contribution in [0.4, 0.5) is 15.8 Å². The van der Waals surface area contributed by atoms with Gasteiger partial charge in [0.1, 0.15) is 11.9 Å². The summed E-state index contributed by atoms with van der Waals surface area (Å²) < 4.78 is 15.0. The lowest BCUT2D eigenvalue weighted by Crippen LogP contribution is -2.31. The molecule has 3 aromatic rings. The Kier molecular flexibility index (Phi) is 6.96. The highest BCUT2D eigenvalue weighted by molar-refractivity contribution is 6.58. The third kappa shape index (κ3) is 4.73. The average Bonchev–Trinajstić information content (AvgIpc) is 3.02. The number of halogens is 1. The molecule has 3 rings (SSSR count). The highest BCUT2D eigenvalue weighted by Crippen LogP contribution is 2.24. The maximum Gasteiger partial charge on any atom is 0.488 e. The molecular weight excluding hydrogens is 442 g/mol. The number of ketones is 1. The molecule has 0 fully saturated rings. The highest BCUT2D eigenvalue weighted by Gasteiger charge is 2.29. The molecule has 1 aromatic heterocycles. The summed E-state index contributed by atoms with van der Waals surface area (Å²) in [4.78, 5) is 38.5. The van der Waals surface area contributed by atoms with Crippen molar-refractivity contribution < 1.29 is 28.8 Å². The molecule has 0 saturated carbocycles. The van der Waals surface area contributed by atoms with Gasteiger partial charge >= 0.3 is 7.12 Å². The lowest BCUT2D eigenvalue weighted by molar-refractivity contribution is -0.112. The fourth-order valence-electron chi connectivity index (χ4n) is 3.59. The summed E-state index contributed by atoms with van der Waals surface area (Å²) in [5, 5.41) is 32.5. The van der Waals surface area contributed by atoms with E-state index in [9.17, 15) is 28.8 Å². The molecule has 0 aliphatic heterocycles. The molecule has 0 aliphatic rings. The zero-order valence-corrected chi connectivity index (χ0v) is 18.5. The van der Waals surface area contributed by atoms with E-state index in [1.807, 2.05) is 0 Å². The van der Waals surface area contributed by atoms with E-state index in [4.69, 9.17) is 5.26 Å². The van der Waals surface area contributed by atoms with E-state index in [0.717, 1.165) is 6.07 Å². The van der Waals surface area contributed by atoms with Crippen molar-refractivity contribution in [2.24, 2.45) is 7.05 Å². The molecule has 4 N–H and O–H groups in total. The Labute approximate surface area is 194 Å². The molecule has 0 aliphatic carbocycles. The molecule has 1 heterocycles.